The first-order valence-corrected chi connectivity index (χ1v) is 41.8. The van der Waals surface area contributed by atoms with Gasteiger partial charge in [0.15, 0.2) is 57.8 Å². The fraction of sp³-hybridized carbons (Fsp3) is 0.354. The first-order valence-electron chi connectivity index (χ1n) is 38.0. The fourth-order valence-electron chi connectivity index (χ4n) is 13.0. The Morgan fingerprint density at radius 1 is 0.455 bits per heavy atom. The zero-order valence-corrected chi connectivity index (χ0v) is 75.0. The second kappa shape index (κ2) is 42.3. The van der Waals surface area contributed by atoms with Crippen molar-refractivity contribution in [1.29, 1.82) is 0 Å². The molecule has 0 spiro atoms. The molecule has 0 radical (unpaired) electrons. The van der Waals surface area contributed by atoms with Crippen molar-refractivity contribution in [2.45, 2.75) is 96.0 Å². The molecular formula is C82H90BrCl8F3N18O9. The summed E-state index contributed by atoms with van der Waals surface area (Å²) in [5.74, 6) is 1.87. The highest BCUT2D eigenvalue weighted by atomic mass is 79.9. The summed E-state index contributed by atoms with van der Waals surface area (Å²) < 4.78 is 102. The lowest BCUT2D eigenvalue weighted by Gasteiger charge is -2.29. The second-order valence-corrected chi connectivity index (χ2v) is 32.5. The summed E-state index contributed by atoms with van der Waals surface area (Å²) in [5, 5.41) is 23.6. The monoisotopic (exact) mass is 1890 g/mol. The number of nitrogens with two attached hydrogens (primary N) is 4. The molecule has 121 heavy (non-hydrogen) atoms. The Kier molecular flexibility index (Phi) is 32.4. The molecule has 39 heteroatoms. The molecule has 10 heterocycles. The van der Waals surface area contributed by atoms with Crippen LogP contribution in [0, 0.1) is 17.5 Å². The van der Waals surface area contributed by atoms with E-state index in [9.17, 15) is 13.2 Å². The number of hydrogen-bond acceptors (Lipinski definition) is 24. The molecule has 4 aromatic carbocycles. The van der Waals surface area contributed by atoms with Crippen LogP contribution in [0.5, 0.6) is 51.7 Å². The number of pyridine rings is 4. The van der Waals surface area contributed by atoms with Crippen molar-refractivity contribution in [3.8, 4) is 85.1 Å². The highest BCUT2D eigenvalue weighted by molar-refractivity contribution is 9.10. The summed E-state index contributed by atoms with van der Waals surface area (Å²) >= 11 is 54.5. The normalized spacial score (nSPS) is 15.1. The molecule has 0 saturated carbocycles. The predicted octanol–water partition coefficient (Wildman–Crippen LogP) is 18.7. The van der Waals surface area contributed by atoms with Gasteiger partial charge in [-0.25, -0.2) is 33.1 Å². The molecular weight excluding hydrogens is 1800 g/mol. The van der Waals surface area contributed by atoms with Crippen molar-refractivity contribution in [2.75, 3.05) is 104 Å². The zero-order chi connectivity index (χ0) is 87.2. The van der Waals surface area contributed by atoms with Gasteiger partial charge in [-0.2, -0.15) is 15.3 Å². The largest absolute Gasteiger partial charge is 0.493 e. The molecule has 3 saturated heterocycles. The second-order valence-electron chi connectivity index (χ2n) is 28.5. The first kappa shape index (κ1) is 92.7. The molecule has 11 N–H and O–H groups in total. The summed E-state index contributed by atoms with van der Waals surface area (Å²) in [5.41, 5.74) is 30.5. The minimum absolute atomic E-state index is 0.0665. The maximum Gasteiger partial charge on any atom is 0.179 e. The van der Waals surface area contributed by atoms with Gasteiger partial charge in [0.1, 0.15) is 77.9 Å². The Bertz CT molecular complexity index is 5440. The fourth-order valence-corrected chi connectivity index (χ4v) is 16.2. The van der Waals surface area contributed by atoms with Crippen molar-refractivity contribution in [1.82, 2.24) is 70.1 Å². The number of piperidine rings is 2. The molecule has 0 aliphatic carbocycles. The van der Waals surface area contributed by atoms with Crippen molar-refractivity contribution in [3.05, 3.63) is 195 Å². The number of nitrogens with zero attached hydrogens (tertiary/aromatic N) is 11. The molecule has 5 unspecified atom stereocenters. The SMILES string of the molecule is CC(Oc1cc(-c2cnn(C)c2)cnc1N)c1c(Cl)c(F)cc(OC2CCCNC2)c1Cl.CC(Oc1cc(-c2cnn(C)c2)cnc1N)c1c(Cl)c(F)cc(OC2CNC2)c1Cl.CC(Oc1cc(Br)cnc1N)c1c(Cl)c(F)cc(OCCN(C)C)c1Cl.COc1cc(Cl)c(C(C)Oc2cc(-c3cnn(C4CCNCC4)c3)cnc2N)c(Cl)c1OC. The number of likely N-dealkylation sites (N-methyl/N-ethyl adjacent to an activating group) is 1. The van der Waals surface area contributed by atoms with Gasteiger partial charge < -0.3 is 86.4 Å². The third-order valence-corrected chi connectivity index (χ3v) is 22.9. The molecule has 0 amide bonds. The van der Waals surface area contributed by atoms with E-state index in [1.54, 1.807) is 91.6 Å². The summed E-state index contributed by atoms with van der Waals surface area (Å²) in [7, 11) is 10.5. The molecule has 3 fully saturated rings. The third-order valence-electron chi connectivity index (χ3n) is 19.5. The molecule has 646 valence electrons. The Balaban J connectivity index is 0.000000158. The van der Waals surface area contributed by atoms with Gasteiger partial charge in [-0.05, 0) is 127 Å². The van der Waals surface area contributed by atoms with E-state index in [-0.39, 0.29) is 94.0 Å². The van der Waals surface area contributed by atoms with Gasteiger partial charge in [0, 0.05) is 168 Å². The number of nitrogens with one attached hydrogen (secondary N) is 3. The van der Waals surface area contributed by atoms with Crippen molar-refractivity contribution in [2.24, 2.45) is 14.1 Å². The number of ether oxygens (including phenoxy) is 9. The number of nitrogen functional groups attached to an aromatic ring is 4. The van der Waals surface area contributed by atoms with Gasteiger partial charge in [0.25, 0.3) is 0 Å². The van der Waals surface area contributed by atoms with Gasteiger partial charge in [-0.3, -0.25) is 14.0 Å². The summed E-state index contributed by atoms with van der Waals surface area (Å²) in [6.07, 6.45) is 18.7. The average molecular weight is 1890 g/mol. The van der Waals surface area contributed by atoms with E-state index in [1.807, 2.05) is 75.5 Å². The van der Waals surface area contributed by atoms with Crippen LogP contribution in [-0.4, -0.2) is 147 Å². The van der Waals surface area contributed by atoms with E-state index in [0.717, 1.165) is 78.7 Å². The molecule has 27 nitrogen and oxygen atoms in total. The van der Waals surface area contributed by atoms with Crippen LogP contribution in [-0.2, 0) is 14.1 Å². The van der Waals surface area contributed by atoms with E-state index >= 15 is 0 Å². The van der Waals surface area contributed by atoms with Crippen LogP contribution in [0.3, 0.4) is 0 Å². The number of aromatic nitrogens is 10. The van der Waals surface area contributed by atoms with Crippen LogP contribution in [0.25, 0.3) is 33.4 Å². The van der Waals surface area contributed by atoms with Gasteiger partial charge >= 0.3 is 0 Å². The number of aryl methyl sites for hydroxylation is 2. The topological polar surface area (TPSA) is 331 Å². The van der Waals surface area contributed by atoms with E-state index in [1.165, 1.54) is 32.4 Å². The summed E-state index contributed by atoms with van der Waals surface area (Å²) in [6.45, 7) is 12.9. The molecule has 5 atom stereocenters. The number of rotatable bonds is 26. The first-order chi connectivity index (χ1) is 57.8. The minimum atomic E-state index is -0.717. The minimum Gasteiger partial charge on any atom is -0.493 e. The molecule has 3 aliphatic rings. The van der Waals surface area contributed by atoms with Crippen molar-refractivity contribution >= 4 is 132 Å². The van der Waals surface area contributed by atoms with E-state index in [2.05, 4.69) is 67.1 Å². The lowest BCUT2D eigenvalue weighted by molar-refractivity contribution is 0.141. The number of halogens is 12. The van der Waals surface area contributed by atoms with E-state index in [0.29, 0.717) is 99.0 Å². The van der Waals surface area contributed by atoms with Gasteiger partial charge in [-0.1, -0.05) is 92.8 Å². The molecule has 7 aromatic heterocycles. The zero-order valence-electron chi connectivity index (χ0n) is 67.4. The molecule has 11 aromatic rings. The highest BCUT2D eigenvalue weighted by Crippen LogP contribution is 2.49. The predicted molar refractivity (Wildman–Crippen MR) is 472 cm³/mol. The van der Waals surface area contributed by atoms with Crippen molar-refractivity contribution in [3.63, 3.8) is 0 Å². The number of anilines is 4. The molecule has 0 bridgehead atoms. The number of benzene rings is 4. The quantitative estimate of drug-likeness (QED) is 0.0248. The summed E-state index contributed by atoms with van der Waals surface area (Å²) in [4.78, 5) is 18.7. The van der Waals surface area contributed by atoms with Gasteiger partial charge in [-0.15, -0.1) is 0 Å². The highest BCUT2D eigenvalue weighted by Gasteiger charge is 2.32. The summed E-state index contributed by atoms with van der Waals surface area (Å²) in [6, 6.07) is 12.6. The Hall–Kier alpha value is -9.06. The lowest BCUT2D eigenvalue weighted by Crippen LogP contribution is -2.50. The average Bonchev–Trinajstić information content (AvgIpc) is 1.45. The maximum absolute atomic E-state index is 14.7. The maximum atomic E-state index is 14.7. The lowest BCUT2D eigenvalue weighted by atomic mass is 10.1. The molecule has 14 rings (SSSR count). The van der Waals surface area contributed by atoms with Crippen LogP contribution in [0.2, 0.25) is 40.2 Å². The number of hydrogen-bond donors (Lipinski definition) is 7. The Morgan fingerprint density at radius 2 is 0.876 bits per heavy atom. The van der Waals surface area contributed by atoms with Crippen LogP contribution in [0.1, 0.15) is 106 Å². The number of methoxy groups -OCH3 is 2. The van der Waals surface area contributed by atoms with E-state index in [4.69, 9.17) is 158 Å². The third kappa shape index (κ3) is 23.3. The van der Waals surface area contributed by atoms with E-state index < -0.39 is 41.9 Å². The van der Waals surface area contributed by atoms with Crippen LogP contribution in [0.15, 0.2) is 115 Å². The smallest absolute Gasteiger partial charge is 0.179 e. The Labute approximate surface area is 746 Å². The van der Waals surface area contributed by atoms with Crippen LogP contribution in [0.4, 0.5) is 36.4 Å². The molecule has 3 aliphatic heterocycles. The van der Waals surface area contributed by atoms with Gasteiger partial charge in [0.05, 0.1) is 79.0 Å². The van der Waals surface area contributed by atoms with Crippen molar-refractivity contribution < 1.29 is 55.8 Å². The standard InChI is InChI=1S/C23H27Cl2N5O3.C22H24Cl2FN5O2.C20H20Cl2FN5O2.C17H19BrCl2FN3O2/c1-13(20-17(24)9-18(31-2)22(32-3)21(20)25)33-19-8-14(10-28-23(19)26)15-11-29-30(12-15)16-4-6-27-7-5-16;1-12(31-18-6-13(8-28-22(18)26)14-9-29-30(2)11-14)19-20(23)16(25)7-17(21(19)24)32-15-4-3-5-27-10-15;1-10(17-18(21)14(23)4-15(19(17)22)30-13-7-25-8-13)29-16-3-11(5-26-20(16)24)12-6-27-28(2)9-12;1-9(26-13-6-10(18)8-23-17(13)22)14-15(19)11(21)7-12(16(14)20)25-5-4-24(2)3/h8-13,16,27H,4-7H2,1-3H3,(H2,26,28);6-9,11-12,15,27H,3-5,10H2,1-2H3,(H2,26,28);3-6,9-10,13,25H,7-8H2,1-2H3,(H2,24,26);6-9H,4-5H2,1-3H3,(H2,22,23). The Morgan fingerprint density at radius 3 is 1.30 bits per heavy atom. The van der Waals surface area contributed by atoms with Crippen LogP contribution >= 0.6 is 109 Å². The van der Waals surface area contributed by atoms with Crippen LogP contribution < -0.4 is 81.5 Å². The van der Waals surface area contributed by atoms with Gasteiger partial charge in [0.2, 0.25) is 0 Å².